The fourth-order valence-corrected chi connectivity index (χ4v) is 4.31. The van der Waals surface area contributed by atoms with E-state index in [1.165, 1.54) is 7.11 Å². The summed E-state index contributed by atoms with van der Waals surface area (Å²) in [5, 5.41) is 3.23. The van der Waals surface area contributed by atoms with Crippen LogP contribution in [-0.2, 0) is 19.4 Å². The number of hydrogen-bond donors (Lipinski definition) is 1. The Labute approximate surface area is 108 Å². The first kappa shape index (κ1) is 13.8. The Morgan fingerprint density at radius 2 is 1.78 bits per heavy atom. The highest BCUT2D eigenvalue weighted by molar-refractivity contribution is 7.91. The highest BCUT2D eigenvalue weighted by Gasteiger charge is 2.48. The van der Waals surface area contributed by atoms with Crippen molar-refractivity contribution in [3.05, 3.63) is 0 Å². The minimum atomic E-state index is -2.98. The predicted molar refractivity (Wildman–Crippen MR) is 67.1 cm³/mol. The number of esters is 1. The van der Waals surface area contributed by atoms with Crippen LogP contribution in [0.5, 0.6) is 0 Å². The first-order valence-electron chi connectivity index (χ1n) is 6.25. The van der Waals surface area contributed by atoms with Gasteiger partial charge in [0.1, 0.15) is 15.4 Å². The molecule has 2 aliphatic heterocycles. The van der Waals surface area contributed by atoms with E-state index >= 15 is 0 Å². The van der Waals surface area contributed by atoms with Gasteiger partial charge in [0, 0.05) is 26.2 Å². The standard InChI is InChI=1S/C11H20N2O4S/c1-17-10(14)11(13-6-4-12-5-7-13)2-8-18(15,16)9-3-11/h12H,2-9H2,1H3. The van der Waals surface area contributed by atoms with Crippen molar-refractivity contribution in [1.29, 1.82) is 0 Å². The zero-order chi connectivity index (χ0) is 13.2. The summed E-state index contributed by atoms with van der Waals surface area (Å²) < 4.78 is 28.0. The van der Waals surface area contributed by atoms with Crippen molar-refractivity contribution in [2.75, 3.05) is 44.8 Å². The minimum absolute atomic E-state index is 0.0754. The van der Waals surface area contributed by atoms with Gasteiger partial charge in [-0.3, -0.25) is 9.69 Å². The molecule has 104 valence electrons. The summed E-state index contributed by atoms with van der Waals surface area (Å²) >= 11 is 0. The Bertz CT molecular complexity index is 401. The second kappa shape index (κ2) is 5.14. The molecule has 1 N–H and O–H groups in total. The lowest BCUT2D eigenvalue weighted by Crippen LogP contribution is -2.63. The van der Waals surface area contributed by atoms with Gasteiger partial charge in [-0.1, -0.05) is 0 Å². The summed E-state index contributed by atoms with van der Waals surface area (Å²) in [6.45, 7) is 3.17. The van der Waals surface area contributed by atoms with Gasteiger partial charge < -0.3 is 10.1 Å². The van der Waals surface area contributed by atoms with E-state index in [1.807, 2.05) is 0 Å². The summed E-state index contributed by atoms with van der Waals surface area (Å²) in [6, 6.07) is 0. The van der Waals surface area contributed by atoms with Gasteiger partial charge in [0.15, 0.2) is 0 Å². The molecule has 0 unspecified atom stereocenters. The molecule has 2 fully saturated rings. The fraction of sp³-hybridized carbons (Fsp3) is 0.909. The molecule has 2 saturated heterocycles. The molecule has 0 saturated carbocycles. The number of rotatable bonds is 2. The molecule has 0 bridgehead atoms. The normalized spacial score (nSPS) is 27.6. The van der Waals surface area contributed by atoms with E-state index in [2.05, 4.69) is 10.2 Å². The molecule has 2 heterocycles. The van der Waals surface area contributed by atoms with Crippen molar-refractivity contribution in [1.82, 2.24) is 10.2 Å². The third-order valence-electron chi connectivity index (χ3n) is 3.94. The van der Waals surface area contributed by atoms with Gasteiger partial charge in [-0.25, -0.2) is 8.42 Å². The van der Waals surface area contributed by atoms with Crippen molar-refractivity contribution in [3.8, 4) is 0 Å². The van der Waals surface area contributed by atoms with Crippen molar-refractivity contribution in [2.45, 2.75) is 18.4 Å². The van der Waals surface area contributed by atoms with Crippen molar-refractivity contribution < 1.29 is 17.9 Å². The van der Waals surface area contributed by atoms with E-state index < -0.39 is 15.4 Å². The molecule has 0 aliphatic carbocycles. The van der Waals surface area contributed by atoms with Gasteiger partial charge in [0.2, 0.25) is 0 Å². The summed E-state index contributed by atoms with van der Waals surface area (Å²) in [4.78, 5) is 14.2. The molecular weight excluding hydrogens is 256 g/mol. The van der Waals surface area contributed by atoms with Crippen LogP contribution in [0.25, 0.3) is 0 Å². The summed E-state index contributed by atoms with van der Waals surface area (Å²) in [5.41, 5.74) is -0.734. The van der Waals surface area contributed by atoms with Gasteiger partial charge >= 0.3 is 5.97 Å². The SMILES string of the molecule is COC(=O)C1(N2CCNCC2)CCS(=O)(=O)CC1. The third kappa shape index (κ3) is 2.53. The number of carbonyl (C=O) groups is 1. The lowest BCUT2D eigenvalue weighted by atomic mass is 9.89. The van der Waals surface area contributed by atoms with E-state index in [0.717, 1.165) is 26.2 Å². The van der Waals surface area contributed by atoms with E-state index in [0.29, 0.717) is 12.8 Å². The fourth-order valence-electron chi connectivity index (χ4n) is 2.81. The van der Waals surface area contributed by atoms with Crippen LogP contribution >= 0.6 is 0 Å². The zero-order valence-corrected chi connectivity index (χ0v) is 11.5. The maximum atomic E-state index is 12.1. The Balaban J connectivity index is 2.21. The molecule has 0 aromatic carbocycles. The molecule has 18 heavy (non-hydrogen) atoms. The van der Waals surface area contributed by atoms with E-state index in [1.54, 1.807) is 0 Å². The molecule has 0 radical (unpaired) electrons. The van der Waals surface area contributed by atoms with Crippen LogP contribution in [0, 0.1) is 0 Å². The summed E-state index contributed by atoms with van der Waals surface area (Å²) in [6.07, 6.45) is 0.698. The van der Waals surface area contributed by atoms with Crippen LogP contribution in [0.1, 0.15) is 12.8 Å². The Morgan fingerprint density at radius 3 is 2.28 bits per heavy atom. The number of carbonyl (C=O) groups excluding carboxylic acids is 1. The van der Waals surface area contributed by atoms with Gasteiger partial charge in [-0.2, -0.15) is 0 Å². The van der Waals surface area contributed by atoms with Crippen molar-refractivity contribution in [3.63, 3.8) is 0 Å². The van der Waals surface area contributed by atoms with Crippen LogP contribution in [0.3, 0.4) is 0 Å². The summed E-state index contributed by atoms with van der Waals surface area (Å²) in [7, 11) is -1.61. The average molecular weight is 276 g/mol. The number of nitrogens with zero attached hydrogens (tertiary/aromatic N) is 1. The number of nitrogens with one attached hydrogen (secondary N) is 1. The lowest BCUT2D eigenvalue weighted by molar-refractivity contribution is -0.157. The maximum absolute atomic E-state index is 12.1. The predicted octanol–water partition coefficient (Wildman–Crippen LogP) is -0.988. The highest BCUT2D eigenvalue weighted by atomic mass is 32.2. The smallest absolute Gasteiger partial charge is 0.326 e. The molecule has 6 nitrogen and oxygen atoms in total. The molecule has 2 rings (SSSR count). The number of hydrogen-bond acceptors (Lipinski definition) is 6. The number of sulfone groups is 1. The quantitative estimate of drug-likeness (QED) is 0.653. The number of piperazine rings is 1. The molecule has 0 atom stereocenters. The molecule has 7 heteroatoms. The van der Waals surface area contributed by atoms with Crippen LogP contribution in [0.15, 0.2) is 0 Å². The van der Waals surface area contributed by atoms with E-state index in [-0.39, 0.29) is 17.5 Å². The van der Waals surface area contributed by atoms with Crippen molar-refractivity contribution >= 4 is 15.8 Å². The minimum Gasteiger partial charge on any atom is -0.468 e. The maximum Gasteiger partial charge on any atom is 0.326 e. The topological polar surface area (TPSA) is 75.7 Å². The molecule has 0 aromatic heterocycles. The van der Waals surface area contributed by atoms with Crippen molar-refractivity contribution in [2.24, 2.45) is 0 Å². The number of ether oxygens (including phenoxy) is 1. The van der Waals surface area contributed by atoms with E-state index in [9.17, 15) is 13.2 Å². The highest BCUT2D eigenvalue weighted by Crippen LogP contribution is 2.31. The first-order valence-corrected chi connectivity index (χ1v) is 8.07. The number of methoxy groups -OCH3 is 1. The first-order chi connectivity index (χ1) is 8.50. The Morgan fingerprint density at radius 1 is 1.22 bits per heavy atom. The second-order valence-electron chi connectivity index (χ2n) is 4.91. The lowest BCUT2D eigenvalue weighted by Gasteiger charge is -2.45. The molecule has 2 aliphatic rings. The van der Waals surface area contributed by atoms with Gasteiger partial charge in [-0.15, -0.1) is 0 Å². The monoisotopic (exact) mass is 276 g/mol. The third-order valence-corrected chi connectivity index (χ3v) is 5.59. The van der Waals surface area contributed by atoms with Crippen LogP contribution < -0.4 is 5.32 Å². The zero-order valence-electron chi connectivity index (χ0n) is 10.6. The van der Waals surface area contributed by atoms with Crippen LogP contribution in [-0.4, -0.2) is 69.6 Å². The van der Waals surface area contributed by atoms with E-state index in [4.69, 9.17) is 4.74 Å². The average Bonchev–Trinajstić information content (AvgIpc) is 2.39. The molecular formula is C11H20N2O4S. The van der Waals surface area contributed by atoms with Crippen LogP contribution in [0.4, 0.5) is 0 Å². The van der Waals surface area contributed by atoms with Gasteiger partial charge in [-0.05, 0) is 12.8 Å². The van der Waals surface area contributed by atoms with Crippen LogP contribution in [0.2, 0.25) is 0 Å². The molecule has 0 aromatic rings. The Kier molecular flexibility index (Phi) is 3.93. The second-order valence-corrected chi connectivity index (χ2v) is 7.22. The van der Waals surface area contributed by atoms with Gasteiger partial charge in [0.25, 0.3) is 0 Å². The largest absolute Gasteiger partial charge is 0.468 e. The van der Waals surface area contributed by atoms with Gasteiger partial charge in [0.05, 0.1) is 18.6 Å². The molecule has 0 spiro atoms. The Hall–Kier alpha value is -0.660. The molecule has 0 amide bonds. The summed E-state index contributed by atoms with van der Waals surface area (Å²) in [5.74, 6) is -0.141.